The van der Waals surface area contributed by atoms with Crippen molar-refractivity contribution in [3.63, 3.8) is 0 Å². The van der Waals surface area contributed by atoms with E-state index in [9.17, 15) is 14.7 Å². The van der Waals surface area contributed by atoms with Gasteiger partial charge in [0.05, 0.1) is 14.1 Å². The molecule has 0 spiro atoms. The zero-order chi connectivity index (χ0) is 15.8. The highest BCUT2D eigenvalue weighted by atomic mass is 16.5. The predicted molar refractivity (Wildman–Crippen MR) is 74.8 cm³/mol. The van der Waals surface area contributed by atoms with Crippen LogP contribution in [0.15, 0.2) is 24.8 Å². The Bertz CT molecular complexity index is 376. The number of aliphatic hydroxyl groups excluding tert-OH is 1. The van der Waals surface area contributed by atoms with Gasteiger partial charge >= 0.3 is 11.9 Å². The fourth-order valence-corrected chi connectivity index (χ4v) is 1.46. The van der Waals surface area contributed by atoms with E-state index in [1.807, 2.05) is 14.1 Å². The summed E-state index contributed by atoms with van der Waals surface area (Å²) in [4.78, 5) is 22.1. The molecule has 0 aromatic heterocycles. The van der Waals surface area contributed by atoms with Crippen LogP contribution >= 0.6 is 0 Å². The average Bonchev–Trinajstić information content (AvgIpc) is 2.34. The number of esters is 2. The second kappa shape index (κ2) is 8.50. The van der Waals surface area contributed by atoms with Gasteiger partial charge in [-0.05, 0) is 6.92 Å². The van der Waals surface area contributed by atoms with Crippen LogP contribution < -0.4 is 0 Å². The van der Waals surface area contributed by atoms with Crippen molar-refractivity contribution < 1.29 is 28.7 Å². The number of carbonyl (C=O) groups excluding carboxylic acids is 2. The zero-order valence-electron chi connectivity index (χ0n) is 12.4. The van der Waals surface area contributed by atoms with Crippen molar-refractivity contribution in [2.75, 3.05) is 40.4 Å². The molecule has 0 radical (unpaired) electrons. The van der Waals surface area contributed by atoms with E-state index in [-0.39, 0.29) is 13.2 Å². The minimum absolute atomic E-state index is 0.0835. The standard InChI is InChI=1S/C14H24NO5/c1-6-13(17)19-8-7-15(4,5)9-12(16)10-20-14(18)11(2)3/h6,12,16H,1-2,7-10H2,3-5H3/q+1. The highest BCUT2D eigenvalue weighted by Crippen LogP contribution is 2.02. The van der Waals surface area contributed by atoms with Crippen molar-refractivity contribution >= 4 is 11.9 Å². The van der Waals surface area contributed by atoms with Crippen LogP contribution in [0.5, 0.6) is 0 Å². The predicted octanol–water partition coefficient (Wildman–Crippen LogP) is 0.272. The third-order valence-electron chi connectivity index (χ3n) is 2.57. The summed E-state index contributed by atoms with van der Waals surface area (Å²) in [5.41, 5.74) is 0.294. The topological polar surface area (TPSA) is 72.8 Å². The smallest absolute Gasteiger partial charge is 0.333 e. The Labute approximate surface area is 119 Å². The van der Waals surface area contributed by atoms with E-state index >= 15 is 0 Å². The zero-order valence-corrected chi connectivity index (χ0v) is 12.4. The summed E-state index contributed by atoms with van der Waals surface area (Å²) in [6.07, 6.45) is 0.315. The van der Waals surface area contributed by atoms with Crippen LogP contribution in [-0.4, -0.2) is 68.0 Å². The highest BCUT2D eigenvalue weighted by molar-refractivity contribution is 5.86. The maximum atomic E-state index is 11.2. The van der Waals surface area contributed by atoms with E-state index in [2.05, 4.69) is 13.2 Å². The van der Waals surface area contributed by atoms with Gasteiger partial charge in [-0.3, -0.25) is 0 Å². The molecule has 1 unspecified atom stereocenters. The summed E-state index contributed by atoms with van der Waals surface area (Å²) >= 11 is 0. The maximum Gasteiger partial charge on any atom is 0.333 e. The quantitative estimate of drug-likeness (QED) is 0.374. The molecule has 114 valence electrons. The molecule has 20 heavy (non-hydrogen) atoms. The molecule has 0 aliphatic rings. The normalized spacial score (nSPS) is 12.4. The van der Waals surface area contributed by atoms with Crippen LogP contribution in [0, 0.1) is 0 Å². The Morgan fingerprint density at radius 1 is 1.35 bits per heavy atom. The van der Waals surface area contributed by atoms with E-state index in [0.717, 1.165) is 6.08 Å². The fourth-order valence-electron chi connectivity index (χ4n) is 1.46. The molecule has 0 bridgehead atoms. The van der Waals surface area contributed by atoms with Crippen molar-refractivity contribution in [3.8, 4) is 0 Å². The molecule has 0 aliphatic heterocycles. The number of quaternary nitrogens is 1. The molecule has 0 amide bonds. The van der Waals surface area contributed by atoms with Crippen LogP contribution in [0.2, 0.25) is 0 Å². The van der Waals surface area contributed by atoms with Gasteiger partial charge < -0.3 is 19.1 Å². The second-order valence-electron chi connectivity index (χ2n) is 5.25. The molecular weight excluding hydrogens is 262 g/mol. The van der Waals surface area contributed by atoms with Crippen molar-refractivity contribution in [2.24, 2.45) is 0 Å². The van der Waals surface area contributed by atoms with Gasteiger partial charge in [0, 0.05) is 11.6 Å². The number of aliphatic hydroxyl groups is 1. The fraction of sp³-hybridized carbons (Fsp3) is 0.571. The molecular formula is C14H24NO5+. The second-order valence-corrected chi connectivity index (χ2v) is 5.25. The monoisotopic (exact) mass is 286 g/mol. The summed E-state index contributed by atoms with van der Waals surface area (Å²) in [7, 11) is 3.76. The van der Waals surface area contributed by atoms with E-state index < -0.39 is 18.0 Å². The first-order valence-corrected chi connectivity index (χ1v) is 6.30. The Kier molecular flexibility index (Phi) is 7.79. The van der Waals surface area contributed by atoms with Gasteiger partial charge in [0.15, 0.2) is 0 Å². The molecule has 0 rings (SSSR count). The number of ether oxygens (including phenoxy) is 2. The lowest BCUT2D eigenvalue weighted by Gasteiger charge is -2.31. The van der Waals surface area contributed by atoms with Crippen molar-refractivity contribution in [3.05, 3.63) is 24.8 Å². The Morgan fingerprint density at radius 3 is 2.45 bits per heavy atom. The molecule has 0 aliphatic carbocycles. The van der Waals surface area contributed by atoms with Gasteiger partial charge in [0.2, 0.25) is 0 Å². The van der Waals surface area contributed by atoms with Gasteiger partial charge in [0.25, 0.3) is 0 Å². The number of rotatable bonds is 9. The van der Waals surface area contributed by atoms with Crippen LogP contribution in [0.1, 0.15) is 6.92 Å². The molecule has 0 aromatic rings. The molecule has 6 heteroatoms. The van der Waals surface area contributed by atoms with E-state index in [1.165, 1.54) is 0 Å². The lowest BCUT2D eigenvalue weighted by atomic mass is 10.3. The third-order valence-corrected chi connectivity index (χ3v) is 2.57. The largest absolute Gasteiger partial charge is 0.459 e. The first kappa shape index (κ1) is 18.3. The Balaban J connectivity index is 4.05. The van der Waals surface area contributed by atoms with Gasteiger partial charge in [-0.2, -0.15) is 0 Å². The summed E-state index contributed by atoms with van der Waals surface area (Å²) in [6, 6.07) is 0. The number of likely N-dealkylation sites (N-methyl/N-ethyl adjacent to an activating group) is 1. The molecule has 1 N–H and O–H groups in total. The molecule has 0 saturated heterocycles. The molecule has 6 nitrogen and oxygen atoms in total. The summed E-state index contributed by atoms with van der Waals surface area (Å²) in [6.45, 7) is 9.36. The van der Waals surface area contributed by atoms with E-state index in [1.54, 1.807) is 6.92 Å². The average molecular weight is 286 g/mol. The minimum atomic E-state index is -0.789. The van der Waals surface area contributed by atoms with E-state index in [4.69, 9.17) is 9.47 Å². The van der Waals surface area contributed by atoms with Crippen LogP contribution in [0.25, 0.3) is 0 Å². The number of hydrogen-bond donors (Lipinski definition) is 1. The van der Waals surface area contributed by atoms with Gasteiger partial charge in [-0.25, -0.2) is 9.59 Å². The Hall–Kier alpha value is -1.66. The molecule has 0 aromatic carbocycles. The lowest BCUT2D eigenvalue weighted by Crippen LogP contribution is -2.48. The minimum Gasteiger partial charge on any atom is -0.459 e. The summed E-state index contributed by atoms with van der Waals surface area (Å²) in [5, 5.41) is 9.82. The first-order valence-electron chi connectivity index (χ1n) is 6.30. The summed E-state index contributed by atoms with van der Waals surface area (Å²) < 4.78 is 10.2. The summed E-state index contributed by atoms with van der Waals surface area (Å²) in [5.74, 6) is -0.991. The lowest BCUT2D eigenvalue weighted by molar-refractivity contribution is -0.893. The van der Waals surface area contributed by atoms with Crippen molar-refractivity contribution in [1.82, 2.24) is 0 Å². The number of hydrogen-bond acceptors (Lipinski definition) is 5. The maximum absolute atomic E-state index is 11.2. The number of nitrogens with zero attached hydrogens (tertiary/aromatic N) is 1. The van der Waals surface area contributed by atoms with Crippen LogP contribution in [0.4, 0.5) is 0 Å². The van der Waals surface area contributed by atoms with Gasteiger partial charge in [0.1, 0.15) is 32.4 Å². The third kappa shape index (κ3) is 8.44. The van der Waals surface area contributed by atoms with Crippen LogP contribution in [0.3, 0.4) is 0 Å². The van der Waals surface area contributed by atoms with E-state index in [0.29, 0.717) is 23.1 Å². The highest BCUT2D eigenvalue weighted by Gasteiger charge is 2.22. The van der Waals surface area contributed by atoms with Crippen LogP contribution in [-0.2, 0) is 19.1 Å². The number of carbonyl (C=O) groups is 2. The van der Waals surface area contributed by atoms with Crippen molar-refractivity contribution in [1.29, 1.82) is 0 Å². The van der Waals surface area contributed by atoms with Crippen molar-refractivity contribution in [2.45, 2.75) is 13.0 Å². The first-order chi connectivity index (χ1) is 9.18. The van der Waals surface area contributed by atoms with Gasteiger partial charge in [-0.1, -0.05) is 13.2 Å². The van der Waals surface area contributed by atoms with Gasteiger partial charge in [-0.15, -0.1) is 0 Å². The molecule has 0 fully saturated rings. The molecule has 1 atom stereocenters. The molecule has 0 saturated carbocycles. The molecule has 0 heterocycles. The SMILES string of the molecule is C=CC(=O)OCC[N+](C)(C)CC(O)COC(=O)C(=C)C. The Morgan fingerprint density at radius 2 is 1.95 bits per heavy atom.